The van der Waals surface area contributed by atoms with Gasteiger partial charge in [-0.15, -0.1) is 0 Å². The predicted molar refractivity (Wildman–Crippen MR) is 38.1 cm³/mol. The van der Waals surface area contributed by atoms with Crippen molar-refractivity contribution in [3.8, 4) is 0 Å². The minimum Gasteiger partial charge on any atom is -0.403 e. The molecule has 0 fully saturated rings. The lowest BCUT2D eigenvalue weighted by molar-refractivity contribution is 0.222. The van der Waals surface area contributed by atoms with Crippen LogP contribution in [0.3, 0.4) is 0 Å². The van der Waals surface area contributed by atoms with Gasteiger partial charge in [0, 0.05) is 0 Å². The zero-order chi connectivity index (χ0) is 6.78. The largest absolute Gasteiger partial charge is 0.403 e. The van der Waals surface area contributed by atoms with Crippen molar-refractivity contribution >= 4 is 8.32 Å². The number of hydrogen-bond acceptors (Lipinski definition) is 2. The molecule has 0 heterocycles. The van der Waals surface area contributed by atoms with Crippen LogP contribution in [0.1, 0.15) is 6.92 Å². The highest BCUT2D eigenvalue weighted by atomic mass is 28.4. The number of nitrogens with two attached hydrogens (primary N) is 1. The molecule has 50 valence electrons. The Morgan fingerprint density at radius 2 is 1.75 bits per heavy atom. The molecule has 0 radical (unpaired) electrons. The molecular formula is C5H15NOSi. The molecule has 2 N–H and O–H groups in total. The van der Waals surface area contributed by atoms with Crippen molar-refractivity contribution in [3.63, 3.8) is 0 Å². The van der Waals surface area contributed by atoms with Gasteiger partial charge in [0.1, 0.15) is 0 Å². The molecular weight excluding hydrogens is 118 g/mol. The van der Waals surface area contributed by atoms with Crippen LogP contribution in [0.4, 0.5) is 0 Å². The van der Waals surface area contributed by atoms with Crippen LogP contribution in [0, 0.1) is 0 Å². The van der Waals surface area contributed by atoms with Crippen molar-refractivity contribution in [2.75, 3.05) is 0 Å². The van der Waals surface area contributed by atoms with Crippen molar-refractivity contribution in [1.82, 2.24) is 0 Å². The Bertz CT molecular complexity index is 67.3. The van der Waals surface area contributed by atoms with E-state index in [-0.39, 0.29) is 6.23 Å². The quantitative estimate of drug-likeness (QED) is 0.453. The van der Waals surface area contributed by atoms with Crippen LogP contribution in [-0.4, -0.2) is 14.5 Å². The van der Waals surface area contributed by atoms with Gasteiger partial charge < -0.3 is 10.2 Å². The van der Waals surface area contributed by atoms with Crippen molar-refractivity contribution in [3.05, 3.63) is 0 Å². The molecule has 0 spiro atoms. The Labute approximate surface area is 52.2 Å². The van der Waals surface area contributed by atoms with E-state index in [1.165, 1.54) is 0 Å². The molecule has 8 heavy (non-hydrogen) atoms. The van der Waals surface area contributed by atoms with Gasteiger partial charge in [0.15, 0.2) is 8.32 Å². The second kappa shape index (κ2) is 2.62. The first-order chi connectivity index (χ1) is 3.42. The Balaban J connectivity index is 3.39. The summed E-state index contributed by atoms with van der Waals surface area (Å²) in [6.07, 6.45) is -0.0957. The third-order valence-electron chi connectivity index (χ3n) is 0.539. The van der Waals surface area contributed by atoms with Gasteiger partial charge in [0.25, 0.3) is 0 Å². The fourth-order valence-corrected chi connectivity index (χ4v) is 1.67. The summed E-state index contributed by atoms with van der Waals surface area (Å²) >= 11 is 0. The topological polar surface area (TPSA) is 35.2 Å². The summed E-state index contributed by atoms with van der Waals surface area (Å²) in [5, 5.41) is 0. The highest BCUT2D eigenvalue weighted by Crippen LogP contribution is 2.02. The van der Waals surface area contributed by atoms with E-state index in [0.717, 1.165) is 0 Å². The maximum absolute atomic E-state index is 5.39. The third kappa shape index (κ3) is 6.14. The summed E-state index contributed by atoms with van der Waals surface area (Å²) in [6.45, 7) is 8.22. The average Bonchev–Trinajstić information content (AvgIpc) is 1.21. The lowest BCUT2D eigenvalue weighted by Crippen LogP contribution is -2.34. The second-order valence-corrected chi connectivity index (χ2v) is 7.40. The molecule has 0 aliphatic carbocycles. The van der Waals surface area contributed by atoms with E-state index in [2.05, 4.69) is 19.6 Å². The van der Waals surface area contributed by atoms with Crippen molar-refractivity contribution in [2.45, 2.75) is 32.8 Å². The highest BCUT2D eigenvalue weighted by molar-refractivity contribution is 6.69. The summed E-state index contributed by atoms with van der Waals surface area (Å²) < 4.78 is 5.35. The van der Waals surface area contributed by atoms with Gasteiger partial charge in [-0.25, -0.2) is 0 Å². The molecule has 3 heteroatoms. The molecule has 0 aromatic carbocycles. The third-order valence-corrected chi connectivity index (χ3v) is 1.62. The monoisotopic (exact) mass is 133 g/mol. The van der Waals surface area contributed by atoms with Crippen LogP contribution in [0.15, 0.2) is 0 Å². The van der Waals surface area contributed by atoms with E-state index in [0.29, 0.717) is 0 Å². The first-order valence-electron chi connectivity index (χ1n) is 2.85. The molecule has 0 saturated carbocycles. The molecule has 0 aromatic heterocycles. The zero-order valence-electron chi connectivity index (χ0n) is 6.06. The first-order valence-corrected chi connectivity index (χ1v) is 6.26. The first kappa shape index (κ1) is 8.14. The van der Waals surface area contributed by atoms with E-state index in [1.54, 1.807) is 0 Å². The second-order valence-electron chi connectivity index (χ2n) is 2.94. The Kier molecular flexibility index (Phi) is 2.66. The number of hydrogen-bond donors (Lipinski definition) is 1. The molecule has 1 atom stereocenters. The van der Waals surface area contributed by atoms with Gasteiger partial charge >= 0.3 is 0 Å². The van der Waals surface area contributed by atoms with E-state index < -0.39 is 8.32 Å². The lowest BCUT2D eigenvalue weighted by Gasteiger charge is -2.19. The lowest BCUT2D eigenvalue weighted by atomic mass is 10.7. The highest BCUT2D eigenvalue weighted by Gasteiger charge is 2.15. The van der Waals surface area contributed by atoms with E-state index >= 15 is 0 Å². The SMILES string of the molecule is CC(N)O[Si](C)(C)C. The van der Waals surface area contributed by atoms with E-state index in [9.17, 15) is 0 Å². The van der Waals surface area contributed by atoms with Crippen molar-refractivity contribution in [2.24, 2.45) is 5.73 Å². The summed E-state index contributed by atoms with van der Waals surface area (Å²) in [6, 6.07) is 0. The van der Waals surface area contributed by atoms with Gasteiger partial charge in [0.2, 0.25) is 0 Å². The molecule has 0 saturated heterocycles. The summed E-state index contributed by atoms with van der Waals surface area (Å²) in [5.74, 6) is 0. The van der Waals surface area contributed by atoms with Crippen LogP contribution in [0.2, 0.25) is 19.6 Å². The fraction of sp³-hybridized carbons (Fsp3) is 1.00. The maximum atomic E-state index is 5.39. The summed E-state index contributed by atoms with van der Waals surface area (Å²) in [4.78, 5) is 0. The van der Waals surface area contributed by atoms with Crippen molar-refractivity contribution in [1.29, 1.82) is 0 Å². The molecule has 0 rings (SSSR count). The molecule has 0 aliphatic heterocycles. The van der Waals surface area contributed by atoms with Gasteiger partial charge in [-0.1, -0.05) is 0 Å². The minimum absolute atomic E-state index is 0.0957. The number of rotatable bonds is 2. The smallest absolute Gasteiger partial charge is 0.185 e. The normalized spacial score (nSPS) is 16.1. The van der Waals surface area contributed by atoms with Crippen LogP contribution in [-0.2, 0) is 4.43 Å². The van der Waals surface area contributed by atoms with Crippen LogP contribution < -0.4 is 5.73 Å². The van der Waals surface area contributed by atoms with Gasteiger partial charge in [-0.2, -0.15) is 0 Å². The Morgan fingerprint density at radius 1 is 1.38 bits per heavy atom. The molecule has 0 aromatic rings. The van der Waals surface area contributed by atoms with Crippen LogP contribution in [0.25, 0.3) is 0 Å². The molecule has 0 bridgehead atoms. The molecule has 0 aliphatic rings. The predicted octanol–water partition coefficient (Wildman–Crippen LogP) is 1.14. The summed E-state index contributed by atoms with van der Waals surface area (Å²) in [7, 11) is -1.35. The van der Waals surface area contributed by atoms with Gasteiger partial charge in [0.05, 0.1) is 6.23 Å². The van der Waals surface area contributed by atoms with E-state index in [1.807, 2.05) is 6.92 Å². The fourth-order valence-electron chi connectivity index (χ4n) is 0.558. The molecule has 1 unspecified atom stereocenters. The van der Waals surface area contributed by atoms with Crippen LogP contribution >= 0.6 is 0 Å². The molecule has 0 amide bonds. The average molecular weight is 133 g/mol. The van der Waals surface area contributed by atoms with Crippen LogP contribution in [0.5, 0.6) is 0 Å². The summed E-state index contributed by atoms with van der Waals surface area (Å²) in [5.41, 5.74) is 5.39. The standard InChI is InChI=1S/C5H15NOSi/c1-5(6)7-8(2,3)4/h5H,6H2,1-4H3. The Morgan fingerprint density at radius 3 is 1.75 bits per heavy atom. The van der Waals surface area contributed by atoms with E-state index in [4.69, 9.17) is 10.2 Å². The Hall–Kier alpha value is 0.137. The minimum atomic E-state index is -1.35. The zero-order valence-corrected chi connectivity index (χ0v) is 7.06. The van der Waals surface area contributed by atoms with Gasteiger partial charge in [-0.3, -0.25) is 0 Å². The van der Waals surface area contributed by atoms with Gasteiger partial charge in [-0.05, 0) is 26.6 Å². The molecule has 2 nitrogen and oxygen atoms in total. The maximum Gasteiger partial charge on any atom is 0.185 e. The van der Waals surface area contributed by atoms with Crippen molar-refractivity contribution < 1.29 is 4.43 Å².